The Hall–Kier alpha value is -2.71. The first kappa shape index (κ1) is 26.4. The lowest BCUT2D eigenvalue weighted by molar-refractivity contribution is -0.165. The molecule has 4 rings (SSSR count). The number of fused-ring (bicyclic) bond motifs is 1. The fourth-order valence-corrected chi connectivity index (χ4v) is 5.60. The highest BCUT2D eigenvalue weighted by atomic mass is 19.1. The molecule has 1 aromatic rings. The van der Waals surface area contributed by atoms with E-state index in [9.17, 15) is 24.2 Å². The van der Waals surface area contributed by atoms with Crippen LogP contribution in [0.4, 0.5) is 4.39 Å². The standard InChI is InChI=1S/C28H35FO7/c1-3-24(34-21-8-6-18(29)7-9-21)28(33)36-25-14-19(30)12-17-5-4-16(2)23(27(17)25)11-10-22-13-20(31)15-26(32)35-22/h4-9,12,16,19-20,22-25,27,30-31H,3,10-11,13-15H2,1-2H3/t16-,19+,20+,22+,23-,24?,25-,27-/m0/s1. The van der Waals surface area contributed by atoms with Gasteiger partial charge in [-0.15, -0.1) is 0 Å². The highest BCUT2D eigenvalue weighted by Crippen LogP contribution is 2.44. The number of cyclic esters (lactones) is 1. The number of ether oxygens (including phenoxy) is 3. The summed E-state index contributed by atoms with van der Waals surface area (Å²) >= 11 is 0. The van der Waals surface area contributed by atoms with E-state index in [0.717, 1.165) is 5.57 Å². The number of hydrogen-bond donors (Lipinski definition) is 2. The molecule has 2 N–H and O–H groups in total. The van der Waals surface area contributed by atoms with Crippen LogP contribution >= 0.6 is 0 Å². The van der Waals surface area contributed by atoms with Crippen molar-refractivity contribution in [1.82, 2.24) is 0 Å². The smallest absolute Gasteiger partial charge is 0.347 e. The van der Waals surface area contributed by atoms with Gasteiger partial charge in [0.25, 0.3) is 0 Å². The lowest BCUT2D eigenvalue weighted by Gasteiger charge is -2.43. The molecule has 1 saturated heterocycles. The number of halogens is 1. The highest BCUT2D eigenvalue weighted by Gasteiger charge is 2.43. The monoisotopic (exact) mass is 502 g/mol. The van der Waals surface area contributed by atoms with Gasteiger partial charge in [0.1, 0.15) is 23.8 Å². The van der Waals surface area contributed by atoms with Gasteiger partial charge in [-0.3, -0.25) is 4.79 Å². The van der Waals surface area contributed by atoms with E-state index in [1.807, 2.05) is 19.1 Å². The molecule has 196 valence electrons. The molecule has 3 aliphatic rings. The number of benzene rings is 1. The molecule has 1 aromatic carbocycles. The van der Waals surface area contributed by atoms with Gasteiger partial charge in [0.15, 0.2) is 6.10 Å². The van der Waals surface area contributed by atoms with E-state index in [1.165, 1.54) is 24.3 Å². The van der Waals surface area contributed by atoms with Crippen molar-refractivity contribution in [3.63, 3.8) is 0 Å². The summed E-state index contributed by atoms with van der Waals surface area (Å²) in [7, 11) is 0. The van der Waals surface area contributed by atoms with Crippen LogP contribution in [-0.2, 0) is 19.1 Å². The third kappa shape index (κ3) is 6.34. The van der Waals surface area contributed by atoms with Crippen molar-refractivity contribution in [2.75, 3.05) is 0 Å². The highest BCUT2D eigenvalue weighted by molar-refractivity contribution is 5.75. The van der Waals surface area contributed by atoms with Crippen LogP contribution in [0.15, 0.2) is 48.1 Å². The van der Waals surface area contributed by atoms with Crippen LogP contribution in [0, 0.1) is 23.6 Å². The van der Waals surface area contributed by atoms with E-state index in [-0.39, 0.29) is 42.7 Å². The van der Waals surface area contributed by atoms with Crippen molar-refractivity contribution in [1.29, 1.82) is 0 Å². The maximum Gasteiger partial charge on any atom is 0.347 e. The molecule has 1 heterocycles. The molecule has 1 aliphatic heterocycles. The van der Waals surface area contributed by atoms with Crippen molar-refractivity contribution in [3.05, 3.63) is 53.9 Å². The number of carbonyl (C=O) groups excluding carboxylic acids is 2. The molecule has 0 radical (unpaired) electrons. The number of rotatable bonds is 8. The normalized spacial score (nSPS) is 32.6. The number of esters is 2. The Bertz CT molecular complexity index is 988. The maximum atomic E-state index is 13.2. The van der Waals surface area contributed by atoms with E-state index in [1.54, 1.807) is 0 Å². The summed E-state index contributed by atoms with van der Waals surface area (Å²) in [6.07, 6.45) is 5.16. The molecule has 2 aliphatic carbocycles. The van der Waals surface area contributed by atoms with Gasteiger partial charge in [0, 0.05) is 18.8 Å². The Kier molecular flexibility index (Phi) is 8.46. The predicted octanol–water partition coefficient (Wildman–Crippen LogP) is 3.87. The van der Waals surface area contributed by atoms with Gasteiger partial charge in [0.05, 0.1) is 18.6 Å². The molecule has 8 heteroatoms. The molecular formula is C28H35FO7. The van der Waals surface area contributed by atoms with Gasteiger partial charge in [0.2, 0.25) is 0 Å². The molecule has 36 heavy (non-hydrogen) atoms. The minimum Gasteiger partial charge on any atom is -0.479 e. The van der Waals surface area contributed by atoms with Gasteiger partial charge in [-0.2, -0.15) is 0 Å². The summed E-state index contributed by atoms with van der Waals surface area (Å²) in [5.41, 5.74) is 0.933. The van der Waals surface area contributed by atoms with Gasteiger partial charge in [-0.05, 0) is 60.9 Å². The van der Waals surface area contributed by atoms with E-state index < -0.39 is 36.2 Å². The molecule has 1 fully saturated rings. The largest absolute Gasteiger partial charge is 0.479 e. The summed E-state index contributed by atoms with van der Waals surface area (Å²) in [5.74, 6) is -0.754. The molecule has 0 saturated carbocycles. The number of carbonyl (C=O) groups is 2. The van der Waals surface area contributed by atoms with Crippen LogP contribution in [0.5, 0.6) is 5.75 Å². The van der Waals surface area contributed by atoms with Crippen molar-refractivity contribution in [2.24, 2.45) is 17.8 Å². The first-order valence-electron chi connectivity index (χ1n) is 12.8. The Morgan fingerprint density at radius 1 is 1.19 bits per heavy atom. The third-order valence-corrected chi connectivity index (χ3v) is 7.42. The maximum absolute atomic E-state index is 13.2. The molecule has 0 amide bonds. The van der Waals surface area contributed by atoms with Crippen molar-refractivity contribution in [2.45, 2.75) is 82.9 Å². The van der Waals surface area contributed by atoms with E-state index in [4.69, 9.17) is 14.2 Å². The molecule has 0 spiro atoms. The minimum atomic E-state index is -0.861. The van der Waals surface area contributed by atoms with Crippen LogP contribution in [0.2, 0.25) is 0 Å². The van der Waals surface area contributed by atoms with Crippen LogP contribution in [-0.4, -0.2) is 52.7 Å². The summed E-state index contributed by atoms with van der Waals surface area (Å²) in [6, 6.07) is 5.47. The predicted molar refractivity (Wildman–Crippen MR) is 129 cm³/mol. The van der Waals surface area contributed by atoms with E-state index in [0.29, 0.717) is 31.4 Å². The van der Waals surface area contributed by atoms with Crippen LogP contribution < -0.4 is 4.74 Å². The van der Waals surface area contributed by atoms with Gasteiger partial charge < -0.3 is 24.4 Å². The average Bonchev–Trinajstić information content (AvgIpc) is 2.82. The lowest BCUT2D eigenvalue weighted by atomic mass is 9.66. The molecular weight excluding hydrogens is 467 g/mol. The molecule has 0 bridgehead atoms. The summed E-state index contributed by atoms with van der Waals surface area (Å²) in [5, 5.41) is 20.4. The SMILES string of the molecule is CCC(Oc1ccc(F)cc1)C(=O)O[C@H]1C[C@H](O)C=C2C=C[C@H](C)[C@H](CC[C@@H]3C[C@@H](O)CC(=O)O3)[C@H]21. The zero-order chi connectivity index (χ0) is 25.8. The zero-order valence-corrected chi connectivity index (χ0v) is 20.7. The molecule has 0 aromatic heterocycles. The Morgan fingerprint density at radius 2 is 1.94 bits per heavy atom. The summed E-state index contributed by atoms with van der Waals surface area (Å²) in [6.45, 7) is 3.92. The first-order valence-corrected chi connectivity index (χ1v) is 12.8. The topological polar surface area (TPSA) is 102 Å². The number of allylic oxidation sites excluding steroid dienone is 2. The fourth-order valence-electron chi connectivity index (χ4n) is 5.60. The summed E-state index contributed by atoms with van der Waals surface area (Å²) in [4.78, 5) is 24.9. The third-order valence-electron chi connectivity index (χ3n) is 7.42. The van der Waals surface area contributed by atoms with Crippen molar-refractivity contribution >= 4 is 11.9 Å². The lowest BCUT2D eigenvalue weighted by Crippen LogP contribution is -2.44. The van der Waals surface area contributed by atoms with Gasteiger partial charge >= 0.3 is 11.9 Å². The van der Waals surface area contributed by atoms with E-state index in [2.05, 4.69) is 13.0 Å². The number of hydrogen-bond acceptors (Lipinski definition) is 7. The number of aliphatic hydroxyl groups excluding tert-OH is 2. The van der Waals surface area contributed by atoms with Gasteiger partial charge in [-0.1, -0.05) is 32.1 Å². The summed E-state index contributed by atoms with van der Waals surface area (Å²) < 4.78 is 30.4. The van der Waals surface area contributed by atoms with Crippen LogP contribution in [0.1, 0.15) is 52.4 Å². The second kappa shape index (κ2) is 11.6. The fraction of sp³-hybridized carbons (Fsp3) is 0.571. The molecule has 7 nitrogen and oxygen atoms in total. The Labute approximate surface area is 210 Å². The second-order valence-electron chi connectivity index (χ2n) is 10.1. The minimum absolute atomic E-state index is 0.0308. The quantitative estimate of drug-likeness (QED) is 0.520. The molecule has 8 atom stereocenters. The Morgan fingerprint density at radius 3 is 2.64 bits per heavy atom. The average molecular weight is 503 g/mol. The second-order valence-corrected chi connectivity index (χ2v) is 10.1. The van der Waals surface area contributed by atoms with Crippen LogP contribution in [0.3, 0.4) is 0 Å². The van der Waals surface area contributed by atoms with Gasteiger partial charge in [-0.25, -0.2) is 9.18 Å². The number of aliphatic hydroxyl groups is 2. The zero-order valence-electron chi connectivity index (χ0n) is 20.7. The van der Waals surface area contributed by atoms with Crippen molar-refractivity contribution < 1.29 is 38.4 Å². The first-order chi connectivity index (χ1) is 17.2. The molecule has 1 unspecified atom stereocenters. The van der Waals surface area contributed by atoms with Crippen molar-refractivity contribution in [3.8, 4) is 5.75 Å². The van der Waals surface area contributed by atoms with E-state index >= 15 is 0 Å². The van der Waals surface area contributed by atoms with Crippen LogP contribution in [0.25, 0.3) is 0 Å². The Balaban J connectivity index is 1.47.